The maximum absolute atomic E-state index is 13.6. The molecule has 0 atom stereocenters. The molecule has 0 radical (unpaired) electrons. The lowest BCUT2D eigenvalue weighted by molar-refractivity contribution is 0.00342. The minimum atomic E-state index is -0.804. The number of rotatable bonds is 1. The van der Waals surface area contributed by atoms with Crippen molar-refractivity contribution in [2.45, 2.75) is 17.8 Å². The Kier molecular flexibility index (Phi) is 3.69. The molecular weight excluding hydrogens is 284 g/mol. The average Bonchev–Trinajstić information content (AvgIpc) is 2.87. The average molecular weight is 299 g/mol. The third-order valence-electron chi connectivity index (χ3n) is 3.79. The highest BCUT2D eigenvalue weighted by molar-refractivity contribution is 8.00. The molecule has 0 aliphatic carbocycles. The van der Waals surface area contributed by atoms with E-state index in [1.165, 1.54) is 6.07 Å². The molecule has 0 bridgehead atoms. The Morgan fingerprint density at radius 3 is 2.65 bits per heavy atom. The summed E-state index contributed by atoms with van der Waals surface area (Å²) in [6, 6.07) is 3.06. The zero-order chi connectivity index (χ0) is 14.2. The smallest absolute Gasteiger partial charge is 0.256 e. The standard InChI is InChI=1S/C14H15F2NO2S/c15-10-1-2-11(12(16)9-10)13(18)17-5-3-14(4-6-17)19-7-8-20-14/h1-2,9H,3-8H2. The fourth-order valence-corrected chi connectivity index (χ4v) is 3.85. The molecule has 20 heavy (non-hydrogen) atoms. The number of nitrogens with zero attached hydrogens (tertiary/aromatic N) is 1. The number of carbonyl (C=O) groups is 1. The minimum Gasteiger partial charge on any atom is -0.363 e. The van der Waals surface area contributed by atoms with Crippen LogP contribution in [0.4, 0.5) is 8.78 Å². The third kappa shape index (κ3) is 2.54. The fourth-order valence-electron chi connectivity index (χ4n) is 2.67. The SMILES string of the molecule is O=C(c1ccc(F)cc1F)N1CCC2(CC1)OCCS2. The quantitative estimate of drug-likeness (QED) is 0.798. The van der Waals surface area contributed by atoms with E-state index in [1.54, 1.807) is 16.7 Å². The summed E-state index contributed by atoms with van der Waals surface area (Å²) in [4.78, 5) is 13.7. The molecule has 2 aliphatic rings. The summed E-state index contributed by atoms with van der Waals surface area (Å²) in [5.41, 5.74) is -0.0673. The van der Waals surface area contributed by atoms with Gasteiger partial charge in [0.25, 0.3) is 5.91 Å². The van der Waals surface area contributed by atoms with Crippen molar-refractivity contribution in [1.82, 2.24) is 4.90 Å². The van der Waals surface area contributed by atoms with Crippen LogP contribution in [-0.4, -0.2) is 41.2 Å². The Labute approximate surface area is 120 Å². The third-order valence-corrected chi connectivity index (χ3v) is 5.21. The second-order valence-electron chi connectivity index (χ2n) is 5.02. The Bertz CT molecular complexity index is 522. The van der Waals surface area contributed by atoms with Crippen molar-refractivity contribution in [1.29, 1.82) is 0 Å². The molecular formula is C14H15F2NO2S. The molecule has 1 amide bonds. The Morgan fingerprint density at radius 1 is 1.30 bits per heavy atom. The normalized spacial score (nSPS) is 21.4. The number of likely N-dealkylation sites (tertiary alicyclic amines) is 1. The monoisotopic (exact) mass is 299 g/mol. The molecule has 2 aliphatic heterocycles. The molecule has 0 N–H and O–H groups in total. The first-order valence-electron chi connectivity index (χ1n) is 6.62. The van der Waals surface area contributed by atoms with Gasteiger partial charge in [-0.2, -0.15) is 0 Å². The van der Waals surface area contributed by atoms with Crippen LogP contribution in [0.2, 0.25) is 0 Å². The molecule has 0 saturated carbocycles. The molecule has 108 valence electrons. The first-order chi connectivity index (χ1) is 9.60. The van der Waals surface area contributed by atoms with Gasteiger partial charge >= 0.3 is 0 Å². The fraction of sp³-hybridized carbons (Fsp3) is 0.500. The van der Waals surface area contributed by atoms with E-state index in [-0.39, 0.29) is 16.4 Å². The molecule has 6 heteroatoms. The molecule has 1 aromatic rings. The number of thioether (sulfide) groups is 1. The van der Waals surface area contributed by atoms with Gasteiger partial charge in [0, 0.05) is 37.8 Å². The Morgan fingerprint density at radius 2 is 2.05 bits per heavy atom. The van der Waals surface area contributed by atoms with Crippen LogP contribution in [0.5, 0.6) is 0 Å². The van der Waals surface area contributed by atoms with Gasteiger partial charge in [0.05, 0.1) is 12.2 Å². The van der Waals surface area contributed by atoms with Gasteiger partial charge in [0.2, 0.25) is 0 Å². The summed E-state index contributed by atoms with van der Waals surface area (Å²) in [7, 11) is 0. The van der Waals surface area contributed by atoms with Crippen LogP contribution < -0.4 is 0 Å². The highest BCUT2D eigenvalue weighted by atomic mass is 32.2. The highest BCUT2D eigenvalue weighted by Gasteiger charge is 2.40. The summed E-state index contributed by atoms with van der Waals surface area (Å²) in [5, 5.41) is 0. The number of carbonyl (C=O) groups excluding carboxylic acids is 1. The predicted octanol–water partition coefficient (Wildman–Crippen LogP) is 2.66. The van der Waals surface area contributed by atoms with Gasteiger partial charge in [-0.1, -0.05) is 0 Å². The van der Waals surface area contributed by atoms with E-state index in [2.05, 4.69) is 0 Å². The van der Waals surface area contributed by atoms with E-state index in [9.17, 15) is 13.6 Å². The molecule has 2 fully saturated rings. The van der Waals surface area contributed by atoms with Gasteiger partial charge in [-0.05, 0) is 12.1 Å². The van der Waals surface area contributed by atoms with Crippen molar-refractivity contribution in [3.05, 3.63) is 35.4 Å². The van der Waals surface area contributed by atoms with Crippen LogP contribution in [0.25, 0.3) is 0 Å². The topological polar surface area (TPSA) is 29.5 Å². The van der Waals surface area contributed by atoms with Gasteiger partial charge in [0.15, 0.2) is 0 Å². The largest absolute Gasteiger partial charge is 0.363 e. The maximum Gasteiger partial charge on any atom is 0.256 e. The Hall–Kier alpha value is -1.14. The highest BCUT2D eigenvalue weighted by Crippen LogP contribution is 2.41. The summed E-state index contributed by atoms with van der Waals surface area (Å²) < 4.78 is 32.3. The number of hydrogen-bond acceptors (Lipinski definition) is 3. The number of hydrogen-bond donors (Lipinski definition) is 0. The van der Waals surface area contributed by atoms with Crippen molar-refractivity contribution in [3.63, 3.8) is 0 Å². The predicted molar refractivity (Wildman–Crippen MR) is 72.6 cm³/mol. The van der Waals surface area contributed by atoms with Crippen LogP contribution in [-0.2, 0) is 4.74 Å². The lowest BCUT2D eigenvalue weighted by atomic mass is 10.1. The van der Waals surface area contributed by atoms with Crippen molar-refractivity contribution in [2.75, 3.05) is 25.4 Å². The molecule has 3 rings (SSSR count). The molecule has 0 unspecified atom stereocenters. The van der Waals surface area contributed by atoms with Crippen molar-refractivity contribution >= 4 is 17.7 Å². The van der Waals surface area contributed by atoms with Crippen LogP contribution in [0, 0.1) is 11.6 Å². The number of piperidine rings is 1. The van der Waals surface area contributed by atoms with E-state index in [1.807, 2.05) is 0 Å². The zero-order valence-electron chi connectivity index (χ0n) is 10.9. The summed E-state index contributed by atoms with van der Waals surface area (Å²) in [6.45, 7) is 1.84. The van der Waals surface area contributed by atoms with E-state index in [0.717, 1.165) is 37.3 Å². The van der Waals surface area contributed by atoms with E-state index < -0.39 is 11.6 Å². The second-order valence-corrected chi connectivity index (χ2v) is 6.46. The van der Waals surface area contributed by atoms with Crippen molar-refractivity contribution in [2.24, 2.45) is 0 Å². The lowest BCUT2D eigenvalue weighted by Crippen LogP contribution is -2.45. The number of benzene rings is 1. The van der Waals surface area contributed by atoms with Gasteiger partial charge < -0.3 is 9.64 Å². The van der Waals surface area contributed by atoms with Gasteiger partial charge in [-0.25, -0.2) is 8.78 Å². The lowest BCUT2D eigenvalue weighted by Gasteiger charge is -2.37. The minimum absolute atomic E-state index is 0.0673. The first kappa shape index (κ1) is 13.8. The van der Waals surface area contributed by atoms with Crippen molar-refractivity contribution < 1.29 is 18.3 Å². The van der Waals surface area contributed by atoms with Gasteiger partial charge in [0.1, 0.15) is 16.6 Å². The van der Waals surface area contributed by atoms with E-state index >= 15 is 0 Å². The molecule has 2 saturated heterocycles. The van der Waals surface area contributed by atoms with Crippen LogP contribution in [0.1, 0.15) is 23.2 Å². The number of ether oxygens (including phenoxy) is 1. The van der Waals surface area contributed by atoms with E-state index in [4.69, 9.17) is 4.74 Å². The molecule has 1 spiro atoms. The second kappa shape index (κ2) is 5.33. The van der Waals surface area contributed by atoms with Crippen LogP contribution >= 0.6 is 11.8 Å². The van der Waals surface area contributed by atoms with Crippen molar-refractivity contribution in [3.8, 4) is 0 Å². The zero-order valence-corrected chi connectivity index (χ0v) is 11.7. The van der Waals surface area contributed by atoms with E-state index in [0.29, 0.717) is 13.1 Å². The Balaban J connectivity index is 1.69. The van der Waals surface area contributed by atoms with Crippen LogP contribution in [0.3, 0.4) is 0 Å². The first-order valence-corrected chi connectivity index (χ1v) is 7.60. The molecule has 2 heterocycles. The molecule has 3 nitrogen and oxygen atoms in total. The van der Waals surface area contributed by atoms with Gasteiger partial charge in [-0.15, -0.1) is 11.8 Å². The van der Waals surface area contributed by atoms with Crippen LogP contribution in [0.15, 0.2) is 18.2 Å². The number of halogens is 2. The maximum atomic E-state index is 13.6. The molecule has 0 aromatic heterocycles. The summed E-state index contributed by atoms with van der Waals surface area (Å²) in [6.07, 6.45) is 1.51. The summed E-state index contributed by atoms with van der Waals surface area (Å²) >= 11 is 1.80. The van der Waals surface area contributed by atoms with Gasteiger partial charge in [-0.3, -0.25) is 4.79 Å². The summed E-state index contributed by atoms with van der Waals surface area (Å²) in [5.74, 6) is -0.866. The molecule has 1 aromatic carbocycles. The number of amides is 1.